The first-order valence-electron chi connectivity index (χ1n) is 6.39. The summed E-state index contributed by atoms with van der Waals surface area (Å²) in [6, 6.07) is 16.9. The average Bonchev–Trinajstić information content (AvgIpc) is 3.31. The largest absolute Gasteiger partial charge is 0.480 e. The third-order valence-corrected chi connectivity index (χ3v) is 3.37. The minimum atomic E-state index is -1.61. The molecule has 2 aromatic rings. The fourth-order valence-corrected chi connectivity index (χ4v) is 2.26. The molecule has 1 aliphatic rings. The van der Waals surface area contributed by atoms with Crippen molar-refractivity contribution in [2.24, 2.45) is 0 Å². The lowest BCUT2D eigenvalue weighted by atomic mass is 9.88. The van der Waals surface area contributed by atoms with Crippen molar-refractivity contribution in [3.05, 3.63) is 71.8 Å². The SMILES string of the molecule is O=C(O)C(C(=O)C1(c2ccccc2)OO1)c1ccccc1. The molecule has 0 amide bonds. The van der Waals surface area contributed by atoms with Gasteiger partial charge in [-0.3, -0.25) is 9.59 Å². The molecule has 5 heteroatoms. The van der Waals surface area contributed by atoms with Crippen LogP contribution < -0.4 is 0 Å². The Labute approximate surface area is 120 Å². The van der Waals surface area contributed by atoms with E-state index >= 15 is 0 Å². The number of ketones is 1. The standard InChI is InChI=1S/C16H12O5/c17-14(13(15(18)19)11-7-3-1-4-8-11)16(20-21-16)12-9-5-2-6-10-12/h1-10,13H,(H,18,19). The highest BCUT2D eigenvalue weighted by Crippen LogP contribution is 2.45. The van der Waals surface area contributed by atoms with E-state index < -0.39 is 23.5 Å². The van der Waals surface area contributed by atoms with Gasteiger partial charge < -0.3 is 5.11 Å². The molecule has 3 rings (SSSR count). The molecule has 2 aromatic carbocycles. The maximum absolute atomic E-state index is 12.6. The predicted molar refractivity (Wildman–Crippen MR) is 72.1 cm³/mol. The zero-order valence-electron chi connectivity index (χ0n) is 10.9. The van der Waals surface area contributed by atoms with E-state index in [1.54, 1.807) is 60.7 Å². The van der Waals surface area contributed by atoms with E-state index in [2.05, 4.69) is 0 Å². The van der Waals surface area contributed by atoms with Crippen LogP contribution in [-0.4, -0.2) is 16.9 Å². The Hall–Kier alpha value is -2.50. The van der Waals surface area contributed by atoms with Crippen molar-refractivity contribution in [3.63, 3.8) is 0 Å². The maximum atomic E-state index is 12.6. The lowest BCUT2D eigenvalue weighted by Gasteiger charge is -2.14. The Bertz CT molecular complexity index is 662. The summed E-state index contributed by atoms with van der Waals surface area (Å²) in [5, 5.41) is 9.40. The molecule has 106 valence electrons. The normalized spacial score (nSPS) is 17.0. The Morgan fingerprint density at radius 3 is 1.90 bits per heavy atom. The first-order chi connectivity index (χ1) is 10.1. The topological polar surface area (TPSA) is 79.4 Å². The van der Waals surface area contributed by atoms with Gasteiger partial charge in [0, 0.05) is 5.56 Å². The van der Waals surface area contributed by atoms with E-state index in [4.69, 9.17) is 9.78 Å². The first-order valence-corrected chi connectivity index (χ1v) is 6.39. The highest BCUT2D eigenvalue weighted by atomic mass is 17.4. The molecule has 0 radical (unpaired) electrons. The number of carboxylic acids is 1. The summed E-state index contributed by atoms with van der Waals surface area (Å²) in [5.74, 6) is -4.83. The number of benzene rings is 2. The average molecular weight is 284 g/mol. The number of aliphatic carboxylic acids is 1. The molecule has 1 N–H and O–H groups in total. The Kier molecular flexibility index (Phi) is 3.29. The van der Waals surface area contributed by atoms with Gasteiger partial charge in [0.1, 0.15) is 5.92 Å². The van der Waals surface area contributed by atoms with Gasteiger partial charge in [0.15, 0.2) is 0 Å². The van der Waals surface area contributed by atoms with E-state index in [0.717, 1.165) is 0 Å². The second-order valence-corrected chi connectivity index (χ2v) is 4.70. The van der Waals surface area contributed by atoms with Crippen molar-refractivity contribution in [3.8, 4) is 0 Å². The minimum Gasteiger partial charge on any atom is -0.480 e. The Morgan fingerprint density at radius 2 is 1.43 bits per heavy atom. The molecule has 21 heavy (non-hydrogen) atoms. The van der Waals surface area contributed by atoms with Crippen LogP contribution in [0.2, 0.25) is 0 Å². The van der Waals surface area contributed by atoms with Gasteiger partial charge in [0.2, 0.25) is 5.78 Å². The molecule has 0 saturated carbocycles. The summed E-state index contributed by atoms with van der Waals surface area (Å²) in [6.45, 7) is 0. The van der Waals surface area contributed by atoms with Crippen LogP contribution in [0.5, 0.6) is 0 Å². The second kappa shape index (κ2) is 5.12. The van der Waals surface area contributed by atoms with E-state index in [1.807, 2.05) is 0 Å². The van der Waals surface area contributed by atoms with Crippen LogP contribution in [0.4, 0.5) is 0 Å². The molecular formula is C16H12O5. The fraction of sp³-hybridized carbons (Fsp3) is 0.125. The molecule has 0 aliphatic carbocycles. The van der Waals surface area contributed by atoms with Gasteiger partial charge in [-0.05, 0) is 5.56 Å². The number of hydrogen-bond donors (Lipinski definition) is 1. The lowest BCUT2D eigenvalue weighted by Crippen LogP contribution is -2.32. The second-order valence-electron chi connectivity index (χ2n) is 4.70. The summed E-state index contributed by atoms with van der Waals surface area (Å²) in [5.41, 5.74) is 0.876. The molecule has 1 unspecified atom stereocenters. The van der Waals surface area contributed by atoms with Crippen molar-refractivity contribution in [2.45, 2.75) is 11.7 Å². The quantitative estimate of drug-likeness (QED) is 0.517. The number of Topliss-reactive ketones (excluding diaryl/α,β-unsaturated/α-hetero) is 1. The van der Waals surface area contributed by atoms with Crippen molar-refractivity contribution in [1.29, 1.82) is 0 Å². The van der Waals surface area contributed by atoms with Gasteiger partial charge in [0.25, 0.3) is 0 Å². The monoisotopic (exact) mass is 284 g/mol. The molecule has 0 aromatic heterocycles. The summed E-state index contributed by atoms with van der Waals surface area (Å²) in [6.07, 6.45) is 0. The van der Waals surface area contributed by atoms with Crippen LogP contribution in [0.3, 0.4) is 0 Å². The third kappa shape index (κ3) is 2.33. The number of carbonyl (C=O) groups is 2. The van der Waals surface area contributed by atoms with Crippen LogP contribution in [0.25, 0.3) is 0 Å². The van der Waals surface area contributed by atoms with Crippen LogP contribution in [0.15, 0.2) is 60.7 Å². The van der Waals surface area contributed by atoms with E-state index in [1.165, 1.54) is 0 Å². The number of rotatable bonds is 5. The summed E-state index contributed by atoms with van der Waals surface area (Å²) < 4.78 is 0. The van der Waals surface area contributed by atoms with Crippen molar-refractivity contribution in [2.75, 3.05) is 0 Å². The molecule has 1 fully saturated rings. The molecule has 1 aliphatic heterocycles. The van der Waals surface area contributed by atoms with Gasteiger partial charge in [-0.15, -0.1) is 0 Å². The molecule has 5 nitrogen and oxygen atoms in total. The zero-order valence-corrected chi connectivity index (χ0v) is 10.9. The predicted octanol–water partition coefficient (Wildman–Crippen LogP) is 2.24. The highest BCUT2D eigenvalue weighted by molar-refractivity contribution is 6.08. The summed E-state index contributed by atoms with van der Waals surface area (Å²) in [7, 11) is 0. The lowest BCUT2D eigenvalue weighted by molar-refractivity contribution is -0.144. The van der Waals surface area contributed by atoms with E-state index in [9.17, 15) is 14.7 Å². The maximum Gasteiger partial charge on any atom is 0.318 e. The highest BCUT2D eigenvalue weighted by Gasteiger charge is 2.61. The Morgan fingerprint density at radius 1 is 0.905 bits per heavy atom. The zero-order chi connectivity index (χ0) is 14.9. The molecule has 1 atom stereocenters. The van der Waals surface area contributed by atoms with Crippen LogP contribution in [-0.2, 0) is 25.2 Å². The molecule has 0 spiro atoms. The van der Waals surface area contributed by atoms with Gasteiger partial charge in [-0.1, -0.05) is 60.7 Å². The van der Waals surface area contributed by atoms with Crippen molar-refractivity contribution in [1.82, 2.24) is 0 Å². The summed E-state index contributed by atoms with van der Waals surface area (Å²) in [4.78, 5) is 33.9. The molecule has 1 heterocycles. The fourth-order valence-electron chi connectivity index (χ4n) is 2.26. The number of carboxylic acid groups (broad SMARTS) is 1. The summed E-state index contributed by atoms with van der Waals surface area (Å²) >= 11 is 0. The van der Waals surface area contributed by atoms with Crippen LogP contribution in [0.1, 0.15) is 17.0 Å². The minimum absolute atomic E-state index is 0.393. The van der Waals surface area contributed by atoms with Gasteiger partial charge >= 0.3 is 11.8 Å². The van der Waals surface area contributed by atoms with Crippen molar-refractivity contribution < 1.29 is 24.5 Å². The number of hydrogen-bond acceptors (Lipinski definition) is 4. The van der Waals surface area contributed by atoms with Crippen LogP contribution in [0, 0.1) is 0 Å². The molecule has 0 bridgehead atoms. The third-order valence-electron chi connectivity index (χ3n) is 3.37. The number of carbonyl (C=O) groups excluding carboxylic acids is 1. The smallest absolute Gasteiger partial charge is 0.318 e. The van der Waals surface area contributed by atoms with E-state index in [0.29, 0.717) is 11.1 Å². The molecular weight excluding hydrogens is 272 g/mol. The van der Waals surface area contributed by atoms with E-state index in [-0.39, 0.29) is 0 Å². The van der Waals surface area contributed by atoms with Crippen LogP contribution >= 0.6 is 0 Å². The van der Waals surface area contributed by atoms with Gasteiger partial charge in [0.05, 0.1) is 0 Å². The Balaban J connectivity index is 1.98. The first kappa shape index (κ1) is 13.5. The van der Waals surface area contributed by atoms with Gasteiger partial charge in [-0.2, -0.15) is 9.78 Å². The molecule has 1 saturated heterocycles. The van der Waals surface area contributed by atoms with Crippen molar-refractivity contribution >= 4 is 11.8 Å². The van der Waals surface area contributed by atoms with Gasteiger partial charge in [-0.25, -0.2) is 0 Å².